The Balaban J connectivity index is 0.000000203. The van der Waals surface area contributed by atoms with Gasteiger partial charge in [-0.25, -0.2) is 0 Å². The molecule has 0 amide bonds. The van der Waals surface area contributed by atoms with E-state index in [-0.39, 0.29) is 20.6 Å². The Kier molecular flexibility index (Phi) is 13.9. The standard InChI is InChI=1S/2C6H10BO6.C5H9BO6.CH4/c8-3-4(9)6(10)12-2-1-11-7-13-5(2)3;8-1-2-4-5(13-7-12-4)3(9)6(10)11-2;6-12-5-3(9)1(7)2(8)4(10)11-5;/h2*2-6,8-10H,1H2;1-5,7-10H;1H4/t2?,3-,4+,5-,6?;2?,3-,4+,5+,6?;1-,2+,3+,4?,5?;/m101./s1. The zero-order chi connectivity index (χ0) is 28.1. The minimum absolute atomic E-state index is 0. The van der Waals surface area contributed by atoms with E-state index in [9.17, 15) is 20.4 Å². The summed E-state index contributed by atoms with van der Waals surface area (Å²) in [6.45, 7) is -0.0896. The van der Waals surface area contributed by atoms with E-state index >= 15 is 0 Å². The van der Waals surface area contributed by atoms with Crippen LogP contribution in [0.1, 0.15) is 7.43 Å². The molecule has 222 valence electrons. The van der Waals surface area contributed by atoms with Crippen molar-refractivity contribution in [1.29, 1.82) is 0 Å². The van der Waals surface area contributed by atoms with Gasteiger partial charge in [-0.2, -0.15) is 0 Å². The number of aliphatic hydroxyl groups excluding tert-OH is 10. The van der Waals surface area contributed by atoms with Crippen molar-refractivity contribution in [2.75, 3.05) is 13.2 Å². The molecule has 21 heteroatoms. The number of ether oxygens (including phenoxy) is 3. The molecule has 5 heterocycles. The molecule has 5 fully saturated rings. The molecule has 5 aliphatic rings. The van der Waals surface area contributed by atoms with Gasteiger partial charge >= 0.3 is 15.4 Å². The molecule has 39 heavy (non-hydrogen) atoms. The van der Waals surface area contributed by atoms with Crippen LogP contribution in [0.3, 0.4) is 0 Å². The Hall–Kier alpha value is -0.525. The van der Waals surface area contributed by atoms with E-state index in [0.29, 0.717) is 0 Å². The van der Waals surface area contributed by atoms with Crippen molar-refractivity contribution < 1.29 is 88.5 Å². The fourth-order valence-electron chi connectivity index (χ4n) is 3.94. The molecular weight excluding hydrogens is 537 g/mol. The summed E-state index contributed by atoms with van der Waals surface area (Å²) < 4.78 is 38.0. The Morgan fingerprint density at radius 1 is 0.641 bits per heavy atom. The van der Waals surface area contributed by atoms with Crippen LogP contribution in [0, 0.1) is 0 Å². The summed E-state index contributed by atoms with van der Waals surface area (Å²) in [6, 6.07) is 0. The lowest BCUT2D eigenvalue weighted by atomic mass is 9.97. The van der Waals surface area contributed by atoms with E-state index in [1.807, 2.05) is 0 Å². The van der Waals surface area contributed by atoms with Crippen molar-refractivity contribution in [2.24, 2.45) is 0 Å². The van der Waals surface area contributed by atoms with Crippen LogP contribution >= 0.6 is 0 Å². The topological polar surface area (TPSA) is 276 Å². The van der Waals surface area contributed by atoms with Crippen molar-refractivity contribution in [1.82, 2.24) is 0 Å². The summed E-state index contributed by atoms with van der Waals surface area (Å²) >= 11 is 0. The average Bonchev–Trinajstić information content (AvgIpc) is 3.41. The molecule has 15 atom stereocenters. The van der Waals surface area contributed by atoms with Crippen LogP contribution in [-0.2, 0) is 37.5 Å². The third-order valence-electron chi connectivity index (χ3n) is 6.12. The molecule has 5 saturated heterocycles. The van der Waals surface area contributed by atoms with Crippen molar-refractivity contribution in [3.8, 4) is 0 Å². The Morgan fingerprint density at radius 2 is 1.21 bits per heavy atom. The third-order valence-corrected chi connectivity index (χ3v) is 6.12. The molecule has 0 spiro atoms. The van der Waals surface area contributed by atoms with Gasteiger partial charge in [0.05, 0.1) is 25.4 Å². The molecule has 6 unspecified atom stereocenters. The van der Waals surface area contributed by atoms with Crippen molar-refractivity contribution >= 4 is 23.4 Å². The van der Waals surface area contributed by atoms with E-state index in [0.717, 1.165) is 15.4 Å². The van der Waals surface area contributed by atoms with E-state index in [1.165, 1.54) is 0 Å². The Bertz CT molecular complexity index is 703. The van der Waals surface area contributed by atoms with E-state index < -0.39 is 92.3 Å². The number of fused-ring (bicyclic) bond motifs is 2. The molecule has 0 aromatic heterocycles. The molecule has 0 saturated carbocycles. The summed E-state index contributed by atoms with van der Waals surface area (Å²) in [7, 11) is 6.86. The third kappa shape index (κ3) is 8.06. The first-order chi connectivity index (χ1) is 18.0. The van der Waals surface area contributed by atoms with Crippen LogP contribution in [0.5, 0.6) is 0 Å². The second-order valence-electron chi connectivity index (χ2n) is 8.62. The highest BCUT2D eigenvalue weighted by molar-refractivity contribution is 6.19. The monoisotopic (exact) mass is 570 g/mol. The minimum Gasteiger partial charge on any atom is -0.423 e. The SMILES string of the molecule is C.OC1OC2CO[B]O[C@H]2[C@H](O)[C@@H]1O.OCC1OC(O)[C@@H](O)[C@H]2O[B]O[C@H]12.[B]OC1OC(O)[C@@H](O)[C@@H](O)[C@@H]1O. The Labute approximate surface area is 225 Å². The van der Waals surface area contributed by atoms with Crippen LogP contribution in [0.15, 0.2) is 0 Å². The van der Waals surface area contributed by atoms with Gasteiger partial charge in [0, 0.05) is 0 Å². The number of rotatable bonds is 2. The average molecular weight is 570 g/mol. The number of hydrogen-bond donors (Lipinski definition) is 10. The van der Waals surface area contributed by atoms with Crippen LogP contribution in [0.25, 0.3) is 0 Å². The fraction of sp³-hybridized carbons (Fsp3) is 1.00. The minimum atomic E-state index is -1.61. The molecule has 10 N–H and O–H groups in total. The van der Waals surface area contributed by atoms with E-state index in [2.05, 4.69) is 17.4 Å². The van der Waals surface area contributed by atoms with Gasteiger partial charge in [-0.3, -0.25) is 0 Å². The second-order valence-corrected chi connectivity index (χ2v) is 8.62. The normalized spacial score (nSPS) is 48.7. The quantitative estimate of drug-likeness (QED) is 0.138. The maximum Gasteiger partial charge on any atom is 0.488 e. The van der Waals surface area contributed by atoms with Gasteiger partial charge in [-0.1, -0.05) is 7.43 Å². The molecule has 0 aromatic rings. The largest absolute Gasteiger partial charge is 0.488 e. The van der Waals surface area contributed by atoms with Crippen molar-refractivity contribution in [3.05, 3.63) is 0 Å². The lowest BCUT2D eigenvalue weighted by molar-refractivity contribution is -0.321. The lowest BCUT2D eigenvalue weighted by Crippen LogP contribution is -2.61. The summed E-state index contributed by atoms with van der Waals surface area (Å²) in [4.78, 5) is 0. The molecule has 0 bridgehead atoms. The number of hydrogen-bond acceptors (Lipinski definition) is 18. The fourth-order valence-corrected chi connectivity index (χ4v) is 3.94. The summed E-state index contributed by atoms with van der Waals surface area (Å²) in [6.07, 6.45) is -17.0. The summed E-state index contributed by atoms with van der Waals surface area (Å²) in [5, 5.41) is 91.2. The van der Waals surface area contributed by atoms with Gasteiger partial charge in [0.2, 0.25) is 0 Å². The smallest absolute Gasteiger partial charge is 0.423 e. The molecular formula is C18H33B3O18. The van der Waals surface area contributed by atoms with Gasteiger partial charge in [0.15, 0.2) is 25.2 Å². The molecule has 5 rings (SSSR count). The maximum atomic E-state index is 9.45. The Morgan fingerprint density at radius 3 is 1.85 bits per heavy atom. The molecule has 0 aliphatic carbocycles. The second kappa shape index (κ2) is 15.6. The van der Waals surface area contributed by atoms with Crippen molar-refractivity contribution in [2.45, 2.75) is 99.7 Å². The van der Waals surface area contributed by atoms with E-state index in [1.54, 1.807) is 0 Å². The van der Waals surface area contributed by atoms with Crippen LogP contribution in [0.4, 0.5) is 0 Å². The van der Waals surface area contributed by atoms with E-state index in [4.69, 9.17) is 58.7 Å². The van der Waals surface area contributed by atoms with Gasteiger partial charge in [0.25, 0.3) is 8.05 Å². The first-order valence-corrected chi connectivity index (χ1v) is 11.3. The zero-order valence-corrected chi connectivity index (χ0v) is 19.5. The first-order valence-electron chi connectivity index (χ1n) is 11.3. The summed E-state index contributed by atoms with van der Waals surface area (Å²) in [5.41, 5.74) is 0. The predicted octanol–water partition coefficient (Wildman–Crippen LogP) is -7.77. The van der Waals surface area contributed by atoms with Crippen LogP contribution in [0.2, 0.25) is 0 Å². The zero-order valence-electron chi connectivity index (χ0n) is 19.5. The highest BCUT2D eigenvalue weighted by Crippen LogP contribution is 2.28. The maximum absolute atomic E-state index is 9.45. The highest BCUT2D eigenvalue weighted by atomic mass is 16.7. The van der Waals surface area contributed by atoms with Crippen molar-refractivity contribution in [3.63, 3.8) is 0 Å². The number of aliphatic hydroxyl groups is 10. The van der Waals surface area contributed by atoms with Gasteiger partial charge < -0.3 is 88.5 Å². The molecule has 4 radical (unpaired) electrons. The predicted molar refractivity (Wildman–Crippen MR) is 121 cm³/mol. The van der Waals surface area contributed by atoms with Gasteiger partial charge in [-0.15, -0.1) is 0 Å². The first kappa shape index (κ1) is 34.7. The van der Waals surface area contributed by atoms with Gasteiger partial charge in [-0.05, 0) is 0 Å². The molecule has 18 nitrogen and oxygen atoms in total. The molecule has 5 aliphatic heterocycles. The highest BCUT2D eigenvalue weighted by Gasteiger charge is 2.49. The van der Waals surface area contributed by atoms with Crippen LogP contribution < -0.4 is 0 Å². The van der Waals surface area contributed by atoms with Gasteiger partial charge in [0.1, 0.15) is 54.9 Å². The molecule has 0 aromatic carbocycles. The van der Waals surface area contributed by atoms with Crippen LogP contribution in [-0.4, -0.2) is 180 Å². The lowest BCUT2D eigenvalue weighted by Gasteiger charge is -2.42. The summed E-state index contributed by atoms with van der Waals surface area (Å²) in [5.74, 6) is 0.